The van der Waals surface area contributed by atoms with Gasteiger partial charge >= 0.3 is 0 Å². The van der Waals surface area contributed by atoms with Gasteiger partial charge in [0, 0.05) is 18.2 Å². The number of hydrogen-bond donors (Lipinski definition) is 1. The molecule has 0 saturated heterocycles. The van der Waals surface area contributed by atoms with Crippen LogP contribution in [-0.2, 0) is 4.79 Å². The van der Waals surface area contributed by atoms with Crippen LogP contribution in [-0.4, -0.2) is 12.8 Å². The number of hydrogen-bond acceptors (Lipinski definition) is 3. The van der Waals surface area contributed by atoms with E-state index in [1.807, 2.05) is 25.1 Å². The van der Waals surface area contributed by atoms with Gasteiger partial charge in [-0.1, -0.05) is 6.92 Å². The second-order valence-corrected chi connectivity index (χ2v) is 3.18. The second kappa shape index (κ2) is 5.03. The molecule has 14 heavy (non-hydrogen) atoms. The maximum Gasteiger partial charge on any atom is 0.124 e. The first-order valence-corrected chi connectivity index (χ1v) is 4.45. The molecule has 0 saturated carbocycles. The summed E-state index contributed by atoms with van der Waals surface area (Å²) in [5.74, 6) is 0.00523. The minimum atomic E-state index is 0.00523. The fraction of sp³-hybridized carbons (Fsp3) is 0.273. The van der Waals surface area contributed by atoms with Crippen molar-refractivity contribution in [2.24, 2.45) is 5.92 Å². The van der Waals surface area contributed by atoms with Gasteiger partial charge in [0.2, 0.25) is 0 Å². The molecule has 1 atom stereocenters. The van der Waals surface area contributed by atoms with E-state index in [-0.39, 0.29) is 5.92 Å². The van der Waals surface area contributed by atoms with Gasteiger partial charge in [0.1, 0.15) is 6.29 Å². The smallest absolute Gasteiger partial charge is 0.124 e. The Hall–Kier alpha value is -1.82. The number of nitrogens with zero attached hydrogens (tertiary/aromatic N) is 1. The highest BCUT2D eigenvalue weighted by molar-refractivity contribution is 5.55. The van der Waals surface area contributed by atoms with E-state index < -0.39 is 0 Å². The maximum absolute atomic E-state index is 10.3. The first-order chi connectivity index (χ1) is 6.76. The molecule has 0 radical (unpaired) electrons. The second-order valence-electron chi connectivity index (χ2n) is 3.18. The number of nitrogens with one attached hydrogen (secondary N) is 1. The molecule has 3 heteroatoms. The maximum atomic E-state index is 10.3. The van der Waals surface area contributed by atoms with E-state index >= 15 is 0 Å². The van der Waals surface area contributed by atoms with Crippen LogP contribution in [0, 0.1) is 17.2 Å². The highest BCUT2D eigenvalue weighted by Gasteiger charge is 1.98. The SMILES string of the molecule is C[C@@H](C=O)CNc1ccc(C#N)cc1. The van der Waals surface area contributed by atoms with E-state index in [1.165, 1.54) is 0 Å². The third-order valence-corrected chi connectivity index (χ3v) is 1.87. The van der Waals surface area contributed by atoms with E-state index in [9.17, 15) is 4.79 Å². The number of benzene rings is 1. The summed E-state index contributed by atoms with van der Waals surface area (Å²) >= 11 is 0. The molecule has 0 spiro atoms. The minimum Gasteiger partial charge on any atom is -0.384 e. The topological polar surface area (TPSA) is 52.9 Å². The Morgan fingerprint density at radius 2 is 2.14 bits per heavy atom. The van der Waals surface area contributed by atoms with Crippen molar-refractivity contribution in [2.75, 3.05) is 11.9 Å². The molecule has 0 fully saturated rings. The van der Waals surface area contributed by atoms with Crippen LogP contribution >= 0.6 is 0 Å². The van der Waals surface area contributed by atoms with Gasteiger partial charge in [-0.15, -0.1) is 0 Å². The Morgan fingerprint density at radius 3 is 2.64 bits per heavy atom. The lowest BCUT2D eigenvalue weighted by atomic mass is 10.2. The zero-order chi connectivity index (χ0) is 10.4. The molecule has 1 aromatic rings. The molecule has 0 unspecified atom stereocenters. The Kier molecular flexibility index (Phi) is 3.69. The molecule has 0 heterocycles. The number of carbonyl (C=O) groups excluding carboxylic acids is 1. The summed E-state index contributed by atoms with van der Waals surface area (Å²) in [5, 5.41) is 11.7. The third-order valence-electron chi connectivity index (χ3n) is 1.87. The van der Waals surface area contributed by atoms with Crippen molar-refractivity contribution in [3.8, 4) is 6.07 Å². The molecule has 72 valence electrons. The van der Waals surface area contributed by atoms with Gasteiger partial charge in [-0.25, -0.2) is 0 Å². The standard InChI is InChI=1S/C11H12N2O/c1-9(8-14)7-13-11-4-2-10(6-12)3-5-11/h2-5,8-9,13H,7H2,1H3/t9-/m1/s1. The molecule has 0 aliphatic heterocycles. The van der Waals surface area contributed by atoms with Gasteiger partial charge in [0.05, 0.1) is 11.6 Å². The van der Waals surface area contributed by atoms with E-state index in [4.69, 9.17) is 5.26 Å². The molecule has 0 aliphatic rings. The van der Waals surface area contributed by atoms with E-state index in [2.05, 4.69) is 5.32 Å². The summed E-state index contributed by atoms with van der Waals surface area (Å²) in [4.78, 5) is 10.3. The lowest BCUT2D eigenvalue weighted by Crippen LogP contribution is -2.11. The van der Waals surface area contributed by atoms with Crippen LogP contribution in [0.1, 0.15) is 12.5 Å². The Labute approximate surface area is 83.4 Å². The molecule has 3 nitrogen and oxygen atoms in total. The van der Waals surface area contributed by atoms with Crippen molar-refractivity contribution < 1.29 is 4.79 Å². The molecule has 1 aromatic carbocycles. The fourth-order valence-electron chi connectivity index (χ4n) is 0.990. The molecule has 0 amide bonds. The van der Waals surface area contributed by atoms with Crippen LogP contribution in [0.2, 0.25) is 0 Å². The predicted molar refractivity (Wildman–Crippen MR) is 54.9 cm³/mol. The monoisotopic (exact) mass is 188 g/mol. The first kappa shape index (κ1) is 10.3. The third kappa shape index (κ3) is 2.91. The van der Waals surface area contributed by atoms with Gasteiger partial charge < -0.3 is 10.1 Å². The molecule has 0 aliphatic carbocycles. The minimum absolute atomic E-state index is 0.00523. The van der Waals surface area contributed by atoms with E-state index in [0.29, 0.717) is 12.1 Å². The Balaban J connectivity index is 2.52. The molecular weight excluding hydrogens is 176 g/mol. The van der Waals surface area contributed by atoms with Crippen LogP contribution in [0.3, 0.4) is 0 Å². The lowest BCUT2D eigenvalue weighted by molar-refractivity contribution is -0.110. The summed E-state index contributed by atoms with van der Waals surface area (Å²) in [5.41, 5.74) is 1.57. The number of rotatable bonds is 4. The van der Waals surface area contributed by atoms with Crippen molar-refractivity contribution >= 4 is 12.0 Å². The van der Waals surface area contributed by atoms with E-state index in [0.717, 1.165) is 12.0 Å². The number of nitriles is 1. The first-order valence-electron chi connectivity index (χ1n) is 4.45. The van der Waals surface area contributed by atoms with E-state index in [1.54, 1.807) is 12.1 Å². The fourth-order valence-corrected chi connectivity index (χ4v) is 0.990. The van der Waals surface area contributed by atoms with Crippen molar-refractivity contribution in [1.29, 1.82) is 5.26 Å². The van der Waals surface area contributed by atoms with Crippen molar-refractivity contribution in [2.45, 2.75) is 6.92 Å². The van der Waals surface area contributed by atoms with Crippen molar-refractivity contribution in [3.05, 3.63) is 29.8 Å². The molecule has 1 rings (SSSR count). The van der Waals surface area contributed by atoms with Crippen LogP contribution in [0.15, 0.2) is 24.3 Å². The number of anilines is 1. The van der Waals surface area contributed by atoms with Gasteiger partial charge in [-0.3, -0.25) is 0 Å². The zero-order valence-electron chi connectivity index (χ0n) is 8.03. The van der Waals surface area contributed by atoms with Gasteiger partial charge in [0.25, 0.3) is 0 Å². The predicted octanol–water partition coefficient (Wildman–Crippen LogP) is 1.81. The Bertz CT molecular complexity index is 337. The van der Waals surface area contributed by atoms with Crippen molar-refractivity contribution in [1.82, 2.24) is 0 Å². The normalized spacial score (nSPS) is 11.4. The summed E-state index contributed by atoms with van der Waals surface area (Å²) < 4.78 is 0. The quantitative estimate of drug-likeness (QED) is 0.733. The summed E-state index contributed by atoms with van der Waals surface area (Å²) in [6.45, 7) is 2.47. The van der Waals surface area contributed by atoms with Gasteiger partial charge in [-0.2, -0.15) is 5.26 Å². The Morgan fingerprint density at radius 1 is 1.50 bits per heavy atom. The molecule has 1 N–H and O–H groups in total. The van der Waals surface area contributed by atoms with Crippen molar-refractivity contribution in [3.63, 3.8) is 0 Å². The molecule has 0 aromatic heterocycles. The lowest BCUT2D eigenvalue weighted by Gasteiger charge is -2.07. The highest BCUT2D eigenvalue weighted by atomic mass is 16.1. The summed E-state index contributed by atoms with van der Waals surface area (Å²) in [6.07, 6.45) is 0.913. The van der Waals surface area contributed by atoms with Crippen LogP contribution in [0.25, 0.3) is 0 Å². The largest absolute Gasteiger partial charge is 0.384 e. The van der Waals surface area contributed by atoms with Crippen LogP contribution in [0.4, 0.5) is 5.69 Å². The van der Waals surface area contributed by atoms with Crippen LogP contribution in [0.5, 0.6) is 0 Å². The molecular formula is C11H12N2O. The number of carbonyl (C=O) groups is 1. The molecule has 0 bridgehead atoms. The zero-order valence-corrected chi connectivity index (χ0v) is 8.03. The number of aldehydes is 1. The summed E-state index contributed by atoms with van der Waals surface area (Å²) in [7, 11) is 0. The highest BCUT2D eigenvalue weighted by Crippen LogP contribution is 2.08. The van der Waals surface area contributed by atoms with Gasteiger partial charge in [0.15, 0.2) is 0 Å². The summed E-state index contributed by atoms with van der Waals surface area (Å²) in [6, 6.07) is 9.19. The average Bonchev–Trinajstić information content (AvgIpc) is 2.26. The van der Waals surface area contributed by atoms with Crippen LogP contribution < -0.4 is 5.32 Å². The van der Waals surface area contributed by atoms with Gasteiger partial charge in [-0.05, 0) is 24.3 Å². The average molecular weight is 188 g/mol.